The molecule has 4 N–H and O–H groups in total. The molecule has 2 amide bonds. The first kappa shape index (κ1) is 13.2. The number of nitrogen functional groups attached to an aromatic ring is 1. The van der Waals surface area contributed by atoms with Gasteiger partial charge >= 0.3 is 0 Å². The molecule has 5 nitrogen and oxygen atoms in total. The highest BCUT2D eigenvalue weighted by Gasteiger charge is 2.07. The summed E-state index contributed by atoms with van der Waals surface area (Å²) < 4.78 is 0. The van der Waals surface area contributed by atoms with Crippen molar-refractivity contribution in [1.82, 2.24) is 10.7 Å². The van der Waals surface area contributed by atoms with E-state index >= 15 is 0 Å². The van der Waals surface area contributed by atoms with Crippen molar-refractivity contribution < 1.29 is 9.59 Å². The van der Waals surface area contributed by atoms with Crippen LogP contribution in [-0.2, 0) is 0 Å². The van der Waals surface area contributed by atoms with Crippen molar-refractivity contribution in [2.45, 2.75) is 13.8 Å². The van der Waals surface area contributed by atoms with E-state index in [1.54, 1.807) is 24.3 Å². The first-order chi connectivity index (χ1) is 8.04. The van der Waals surface area contributed by atoms with Crippen LogP contribution < -0.4 is 16.6 Å². The van der Waals surface area contributed by atoms with Crippen LogP contribution in [0.2, 0.25) is 0 Å². The smallest absolute Gasteiger partial charge is 0.265 e. The van der Waals surface area contributed by atoms with Gasteiger partial charge in [0.25, 0.3) is 11.8 Å². The Balaban J connectivity index is 2.67. The number of hydrogen-bond acceptors (Lipinski definition) is 3. The van der Waals surface area contributed by atoms with Gasteiger partial charge in [0, 0.05) is 17.7 Å². The number of nitrogens with one attached hydrogen (secondary N) is 2. The van der Waals surface area contributed by atoms with Crippen molar-refractivity contribution >= 4 is 11.8 Å². The maximum atomic E-state index is 11.7. The molecule has 0 heterocycles. The van der Waals surface area contributed by atoms with Crippen LogP contribution in [0.3, 0.4) is 0 Å². The highest BCUT2D eigenvalue weighted by atomic mass is 16.2. The Morgan fingerprint density at radius 1 is 1.12 bits per heavy atom. The van der Waals surface area contributed by atoms with Crippen LogP contribution >= 0.6 is 0 Å². The Morgan fingerprint density at radius 3 is 2.00 bits per heavy atom. The van der Waals surface area contributed by atoms with E-state index < -0.39 is 0 Å². The molecule has 1 aromatic carbocycles. The van der Waals surface area contributed by atoms with E-state index in [1.807, 2.05) is 19.3 Å². The van der Waals surface area contributed by atoms with Crippen molar-refractivity contribution in [2.24, 2.45) is 11.8 Å². The monoisotopic (exact) mass is 235 g/mol. The minimum absolute atomic E-state index is 0.140. The molecule has 0 aliphatic heterocycles. The van der Waals surface area contributed by atoms with Gasteiger partial charge in [-0.25, -0.2) is 5.84 Å². The molecular weight excluding hydrogens is 218 g/mol. The molecule has 0 bridgehead atoms. The Morgan fingerprint density at radius 2 is 1.59 bits per heavy atom. The molecule has 1 aromatic rings. The van der Waals surface area contributed by atoms with Gasteiger partial charge in [-0.15, -0.1) is 0 Å². The van der Waals surface area contributed by atoms with E-state index in [2.05, 4.69) is 5.32 Å². The number of rotatable bonds is 4. The zero-order valence-corrected chi connectivity index (χ0v) is 9.99. The SMILES string of the molecule is CC(C)CNC(=O)c1ccc(C(=O)NN)cc1. The lowest BCUT2D eigenvalue weighted by molar-refractivity contribution is 0.0939. The number of benzene rings is 1. The van der Waals surface area contributed by atoms with Gasteiger partial charge in [-0.2, -0.15) is 0 Å². The number of hydrazine groups is 1. The number of carbonyl (C=O) groups is 2. The largest absolute Gasteiger partial charge is 0.352 e. The molecular formula is C12H17N3O2. The molecule has 0 saturated carbocycles. The highest BCUT2D eigenvalue weighted by Crippen LogP contribution is 2.04. The van der Waals surface area contributed by atoms with Gasteiger partial charge in [0.1, 0.15) is 0 Å². The lowest BCUT2D eigenvalue weighted by atomic mass is 10.1. The molecule has 92 valence electrons. The van der Waals surface area contributed by atoms with Crippen LogP contribution in [0.25, 0.3) is 0 Å². The van der Waals surface area contributed by atoms with Gasteiger partial charge in [-0.1, -0.05) is 13.8 Å². The quantitative estimate of drug-likeness (QED) is 0.407. The number of amides is 2. The lowest BCUT2D eigenvalue weighted by Gasteiger charge is -2.07. The average Bonchev–Trinajstić information content (AvgIpc) is 2.35. The third-order valence-corrected chi connectivity index (χ3v) is 2.21. The molecule has 17 heavy (non-hydrogen) atoms. The molecule has 0 fully saturated rings. The van der Waals surface area contributed by atoms with E-state index in [9.17, 15) is 9.59 Å². The molecule has 0 saturated heterocycles. The Labute approximate surface area is 100 Å². The maximum Gasteiger partial charge on any atom is 0.265 e. The summed E-state index contributed by atoms with van der Waals surface area (Å²) in [4.78, 5) is 22.8. The summed E-state index contributed by atoms with van der Waals surface area (Å²) in [7, 11) is 0. The highest BCUT2D eigenvalue weighted by molar-refractivity contribution is 5.97. The number of carbonyl (C=O) groups excluding carboxylic acids is 2. The van der Waals surface area contributed by atoms with Crippen LogP contribution in [-0.4, -0.2) is 18.4 Å². The second kappa shape index (κ2) is 6.00. The predicted octanol–water partition coefficient (Wildman–Crippen LogP) is 0.676. The third-order valence-electron chi connectivity index (χ3n) is 2.21. The van der Waals surface area contributed by atoms with Crippen molar-refractivity contribution in [1.29, 1.82) is 0 Å². The molecule has 0 aromatic heterocycles. The average molecular weight is 235 g/mol. The van der Waals surface area contributed by atoms with E-state index in [4.69, 9.17) is 5.84 Å². The summed E-state index contributed by atoms with van der Waals surface area (Å²) in [5.41, 5.74) is 2.98. The molecule has 0 aliphatic carbocycles. The van der Waals surface area contributed by atoms with Crippen LogP contribution in [0.1, 0.15) is 34.6 Å². The van der Waals surface area contributed by atoms with E-state index in [0.717, 1.165) is 0 Å². The van der Waals surface area contributed by atoms with Crippen LogP contribution in [0, 0.1) is 5.92 Å². The summed E-state index contributed by atoms with van der Waals surface area (Å²) in [5, 5.41) is 2.80. The summed E-state index contributed by atoms with van der Waals surface area (Å²) >= 11 is 0. The van der Waals surface area contributed by atoms with Crippen LogP contribution in [0.5, 0.6) is 0 Å². The van der Waals surface area contributed by atoms with Crippen molar-refractivity contribution in [3.05, 3.63) is 35.4 Å². The molecule has 0 atom stereocenters. The molecule has 1 rings (SSSR count). The minimum atomic E-state index is -0.376. The lowest BCUT2D eigenvalue weighted by Crippen LogP contribution is -2.30. The van der Waals surface area contributed by atoms with Gasteiger partial charge in [-0.3, -0.25) is 15.0 Å². The summed E-state index contributed by atoms with van der Waals surface area (Å²) in [6.45, 7) is 4.67. The molecule has 0 radical (unpaired) electrons. The van der Waals surface area contributed by atoms with Gasteiger partial charge in [-0.05, 0) is 30.2 Å². The van der Waals surface area contributed by atoms with Crippen molar-refractivity contribution in [3.63, 3.8) is 0 Å². The van der Waals surface area contributed by atoms with Crippen LogP contribution in [0.15, 0.2) is 24.3 Å². The zero-order valence-electron chi connectivity index (χ0n) is 9.99. The second-order valence-corrected chi connectivity index (χ2v) is 4.15. The first-order valence-electron chi connectivity index (χ1n) is 5.43. The van der Waals surface area contributed by atoms with Gasteiger partial charge in [0.05, 0.1) is 0 Å². The topological polar surface area (TPSA) is 84.2 Å². The zero-order chi connectivity index (χ0) is 12.8. The first-order valence-corrected chi connectivity index (χ1v) is 5.43. The fourth-order valence-corrected chi connectivity index (χ4v) is 1.26. The molecule has 0 aliphatic rings. The fourth-order valence-electron chi connectivity index (χ4n) is 1.26. The van der Waals surface area contributed by atoms with E-state index in [-0.39, 0.29) is 11.8 Å². The molecule has 0 unspecified atom stereocenters. The Kier molecular flexibility index (Phi) is 4.66. The fraction of sp³-hybridized carbons (Fsp3) is 0.333. The predicted molar refractivity (Wildman–Crippen MR) is 65.3 cm³/mol. The maximum absolute atomic E-state index is 11.7. The molecule has 5 heteroatoms. The van der Waals surface area contributed by atoms with Crippen LogP contribution in [0.4, 0.5) is 0 Å². The van der Waals surface area contributed by atoms with E-state index in [0.29, 0.717) is 23.6 Å². The number of nitrogens with two attached hydrogens (primary N) is 1. The van der Waals surface area contributed by atoms with Crippen molar-refractivity contribution in [2.75, 3.05) is 6.54 Å². The summed E-state index contributed by atoms with van der Waals surface area (Å²) in [6.07, 6.45) is 0. The Bertz CT molecular complexity index is 399. The summed E-state index contributed by atoms with van der Waals surface area (Å²) in [5.74, 6) is 4.89. The second-order valence-electron chi connectivity index (χ2n) is 4.15. The van der Waals surface area contributed by atoms with Crippen molar-refractivity contribution in [3.8, 4) is 0 Å². The minimum Gasteiger partial charge on any atom is -0.352 e. The van der Waals surface area contributed by atoms with Gasteiger partial charge in [0.2, 0.25) is 0 Å². The molecule has 0 spiro atoms. The third kappa shape index (κ3) is 3.88. The number of hydrogen-bond donors (Lipinski definition) is 3. The summed E-state index contributed by atoms with van der Waals surface area (Å²) in [6, 6.07) is 6.32. The normalized spacial score (nSPS) is 10.1. The van der Waals surface area contributed by atoms with Gasteiger partial charge < -0.3 is 5.32 Å². The Hall–Kier alpha value is -1.88. The van der Waals surface area contributed by atoms with E-state index in [1.165, 1.54) is 0 Å². The standard InChI is InChI=1S/C12H17N3O2/c1-8(2)7-14-11(16)9-3-5-10(6-4-9)12(17)15-13/h3-6,8H,7,13H2,1-2H3,(H,14,16)(H,15,17). The van der Waals surface area contributed by atoms with Gasteiger partial charge in [0.15, 0.2) is 0 Å².